The third-order valence-electron chi connectivity index (χ3n) is 3.49. The Morgan fingerprint density at radius 3 is 2.52 bits per heavy atom. The lowest BCUT2D eigenvalue weighted by Gasteiger charge is -2.21. The van der Waals surface area contributed by atoms with Crippen molar-refractivity contribution in [3.8, 4) is 0 Å². The van der Waals surface area contributed by atoms with E-state index in [0.717, 1.165) is 26.1 Å². The zero-order valence-electron chi connectivity index (χ0n) is 12.3. The Kier molecular flexibility index (Phi) is 5.75. The second-order valence-corrected chi connectivity index (χ2v) is 5.11. The van der Waals surface area contributed by atoms with Crippen molar-refractivity contribution in [2.24, 2.45) is 5.92 Å². The monoisotopic (exact) mass is 291 g/mol. The molecule has 5 nitrogen and oxygen atoms in total. The summed E-state index contributed by atoms with van der Waals surface area (Å²) in [4.78, 5) is 23.5. The number of ether oxygens (including phenoxy) is 2. The van der Waals surface area contributed by atoms with E-state index in [1.165, 1.54) is 0 Å². The van der Waals surface area contributed by atoms with Crippen LogP contribution in [0.2, 0.25) is 0 Å². The van der Waals surface area contributed by atoms with E-state index in [2.05, 4.69) is 5.32 Å². The van der Waals surface area contributed by atoms with Crippen LogP contribution in [0.15, 0.2) is 24.3 Å². The van der Waals surface area contributed by atoms with Crippen LogP contribution in [0.5, 0.6) is 0 Å². The fourth-order valence-electron chi connectivity index (χ4n) is 2.33. The van der Waals surface area contributed by atoms with Gasteiger partial charge in [0.05, 0.1) is 12.2 Å². The van der Waals surface area contributed by atoms with Crippen LogP contribution >= 0.6 is 0 Å². The Morgan fingerprint density at radius 2 is 1.90 bits per heavy atom. The van der Waals surface area contributed by atoms with E-state index in [1.54, 1.807) is 31.2 Å². The number of benzene rings is 1. The smallest absolute Gasteiger partial charge is 0.338 e. The molecule has 0 unspecified atom stereocenters. The average molecular weight is 291 g/mol. The molecule has 114 valence electrons. The van der Waals surface area contributed by atoms with E-state index in [9.17, 15) is 9.59 Å². The first-order chi connectivity index (χ1) is 10.2. The topological polar surface area (TPSA) is 64.6 Å². The molecule has 1 saturated heterocycles. The highest BCUT2D eigenvalue weighted by molar-refractivity contribution is 5.93. The number of hydrogen-bond donors (Lipinski definition) is 1. The molecule has 1 fully saturated rings. The minimum atomic E-state index is -0.349. The number of hydrogen-bond acceptors (Lipinski definition) is 4. The predicted octanol–water partition coefficient (Wildman–Crippen LogP) is 2.62. The molecule has 21 heavy (non-hydrogen) atoms. The van der Waals surface area contributed by atoms with Gasteiger partial charge in [-0.3, -0.25) is 4.79 Å². The van der Waals surface area contributed by atoms with E-state index < -0.39 is 0 Å². The molecule has 0 radical (unpaired) electrons. The van der Waals surface area contributed by atoms with Gasteiger partial charge in [-0.1, -0.05) is 0 Å². The van der Waals surface area contributed by atoms with E-state index >= 15 is 0 Å². The molecule has 2 rings (SSSR count). The van der Waals surface area contributed by atoms with Crippen molar-refractivity contribution in [2.45, 2.75) is 26.2 Å². The molecule has 0 bridgehead atoms. The molecule has 1 aliphatic rings. The van der Waals surface area contributed by atoms with Gasteiger partial charge in [0.25, 0.3) is 0 Å². The van der Waals surface area contributed by atoms with Crippen molar-refractivity contribution >= 4 is 17.6 Å². The number of anilines is 1. The van der Waals surface area contributed by atoms with Crippen LogP contribution in [-0.2, 0) is 14.3 Å². The Morgan fingerprint density at radius 1 is 1.24 bits per heavy atom. The van der Waals surface area contributed by atoms with Crippen molar-refractivity contribution in [1.82, 2.24) is 0 Å². The number of rotatable bonds is 5. The minimum absolute atomic E-state index is 0.00536. The molecule has 0 aromatic heterocycles. The molecule has 1 aliphatic heterocycles. The fraction of sp³-hybridized carbons (Fsp3) is 0.500. The summed E-state index contributed by atoms with van der Waals surface area (Å²) in [5.74, 6) is 0.0564. The number of carbonyl (C=O) groups excluding carboxylic acids is 2. The third-order valence-corrected chi connectivity index (χ3v) is 3.49. The minimum Gasteiger partial charge on any atom is -0.462 e. The normalized spacial score (nSPS) is 15.5. The van der Waals surface area contributed by atoms with Crippen LogP contribution in [-0.4, -0.2) is 31.7 Å². The Balaban J connectivity index is 1.84. The van der Waals surface area contributed by atoms with Crippen LogP contribution in [0.3, 0.4) is 0 Å². The number of nitrogens with one attached hydrogen (secondary N) is 1. The third kappa shape index (κ3) is 4.86. The molecule has 0 spiro atoms. The maximum absolute atomic E-state index is 12.0. The first kappa shape index (κ1) is 15.5. The quantitative estimate of drug-likeness (QED) is 0.847. The lowest BCUT2D eigenvalue weighted by Crippen LogP contribution is -2.22. The molecule has 1 aromatic rings. The van der Waals surface area contributed by atoms with Gasteiger partial charge in [-0.25, -0.2) is 4.79 Å². The van der Waals surface area contributed by atoms with Crippen molar-refractivity contribution in [3.63, 3.8) is 0 Å². The molecule has 5 heteroatoms. The van der Waals surface area contributed by atoms with Crippen LogP contribution in [0.25, 0.3) is 0 Å². The van der Waals surface area contributed by atoms with Crippen molar-refractivity contribution in [1.29, 1.82) is 0 Å². The SMILES string of the molecule is CCOC(=O)c1ccc(NC(=O)CC2CCOCC2)cc1. The molecular formula is C16H21NO4. The Bertz CT molecular complexity index is 478. The molecule has 1 amide bonds. The standard InChI is InChI=1S/C16H21NO4/c1-2-21-16(19)13-3-5-14(6-4-13)17-15(18)11-12-7-9-20-10-8-12/h3-6,12H,2,7-11H2,1H3,(H,17,18). The number of esters is 1. The molecule has 1 aromatic carbocycles. The van der Waals surface area contributed by atoms with Crippen LogP contribution < -0.4 is 5.32 Å². The summed E-state index contributed by atoms with van der Waals surface area (Å²) in [6.07, 6.45) is 2.40. The van der Waals surface area contributed by atoms with Gasteiger partial charge in [-0.05, 0) is 49.9 Å². The van der Waals surface area contributed by atoms with Gasteiger partial charge in [0, 0.05) is 25.3 Å². The lowest BCUT2D eigenvalue weighted by atomic mass is 9.96. The van der Waals surface area contributed by atoms with Gasteiger partial charge < -0.3 is 14.8 Å². The summed E-state index contributed by atoms with van der Waals surface area (Å²) in [5, 5.41) is 2.86. The maximum Gasteiger partial charge on any atom is 0.338 e. The Hall–Kier alpha value is -1.88. The van der Waals surface area contributed by atoms with Crippen LogP contribution in [0.1, 0.15) is 36.5 Å². The second kappa shape index (κ2) is 7.78. The summed E-state index contributed by atoms with van der Waals surface area (Å²) in [5.41, 5.74) is 1.18. The predicted molar refractivity (Wildman–Crippen MR) is 79.2 cm³/mol. The lowest BCUT2D eigenvalue weighted by molar-refractivity contribution is -0.117. The summed E-state index contributed by atoms with van der Waals surface area (Å²) < 4.78 is 10.2. The number of amides is 1. The van der Waals surface area contributed by atoms with Crippen LogP contribution in [0, 0.1) is 5.92 Å². The van der Waals surface area contributed by atoms with Crippen molar-refractivity contribution in [2.75, 3.05) is 25.1 Å². The van der Waals surface area contributed by atoms with Gasteiger partial charge in [0.15, 0.2) is 0 Å². The molecule has 0 aliphatic carbocycles. The highest BCUT2D eigenvalue weighted by Gasteiger charge is 2.17. The molecular weight excluding hydrogens is 270 g/mol. The van der Waals surface area contributed by atoms with Crippen LogP contribution in [0.4, 0.5) is 5.69 Å². The largest absolute Gasteiger partial charge is 0.462 e. The molecule has 1 N–H and O–H groups in total. The average Bonchev–Trinajstić information content (AvgIpc) is 2.49. The fourth-order valence-corrected chi connectivity index (χ4v) is 2.33. The first-order valence-corrected chi connectivity index (χ1v) is 7.34. The summed E-state index contributed by atoms with van der Waals surface area (Å²) in [6, 6.07) is 6.74. The van der Waals surface area contributed by atoms with Gasteiger partial charge in [0.1, 0.15) is 0 Å². The van der Waals surface area contributed by atoms with Gasteiger partial charge in [0.2, 0.25) is 5.91 Å². The molecule has 0 atom stereocenters. The van der Waals surface area contributed by atoms with Crippen molar-refractivity contribution < 1.29 is 19.1 Å². The van der Waals surface area contributed by atoms with Crippen molar-refractivity contribution in [3.05, 3.63) is 29.8 Å². The molecule has 1 heterocycles. The van der Waals surface area contributed by atoms with E-state index in [1.807, 2.05) is 0 Å². The van der Waals surface area contributed by atoms with E-state index in [0.29, 0.717) is 30.2 Å². The summed E-state index contributed by atoms with van der Waals surface area (Å²) >= 11 is 0. The first-order valence-electron chi connectivity index (χ1n) is 7.34. The Labute approximate surface area is 124 Å². The molecule has 0 saturated carbocycles. The number of carbonyl (C=O) groups is 2. The van der Waals surface area contributed by atoms with Gasteiger partial charge >= 0.3 is 5.97 Å². The summed E-state index contributed by atoms with van der Waals surface area (Å²) in [7, 11) is 0. The van der Waals surface area contributed by atoms with E-state index in [-0.39, 0.29) is 11.9 Å². The zero-order valence-corrected chi connectivity index (χ0v) is 12.3. The maximum atomic E-state index is 12.0. The van der Waals surface area contributed by atoms with E-state index in [4.69, 9.17) is 9.47 Å². The van der Waals surface area contributed by atoms with Gasteiger partial charge in [-0.2, -0.15) is 0 Å². The second-order valence-electron chi connectivity index (χ2n) is 5.11. The highest BCUT2D eigenvalue weighted by Crippen LogP contribution is 2.19. The zero-order chi connectivity index (χ0) is 15.1. The van der Waals surface area contributed by atoms with Gasteiger partial charge in [-0.15, -0.1) is 0 Å². The highest BCUT2D eigenvalue weighted by atomic mass is 16.5. The summed E-state index contributed by atoms with van der Waals surface area (Å²) in [6.45, 7) is 3.60.